The third kappa shape index (κ3) is 4.69. The Balaban J connectivity index is 1.74. The predicted molar refractivity (Wildman–Crippen MR) is 111 cm³/mol. The van der Waals surface area contributed by atoms with Gasteiger partial charge in [-0.3, -0.25) is 14.9 Å². The number of nitrogens with one attached hydrogen (secondary N) is 2. The van der Waals surface area contributed by atoms with Crippen molar-refractivity contribution in [2.45, 2.75) is 25.3 Å². The van der Waals surface area contributed by atoms with E-state index >= 15 is 0 Å². The van der Waals surface area contributed by atoms with E-state index in [1.54, 1.807) is 23.5 Å². The number of carbonyl (C=O) groups excluding carboxylic acids is 1. The molecule has 0 aliphatic carbocycles. The zero-order chi connectivity index (χ0) is 20.1. The van der Waals surface area contributed by atoms with Gasteiger partial charge in [0.2, 0.25) is 0 Å². The van der Waals surface area contributed by atoms with E-state index in [2.05, 4.69) is 25.5 Å². The Morgan fingerprint density at radius 3 is 2.64 bits per heavy atom. The first-order valence-electron chi connectivity index (χ1n) is 9.62. The fraction of sp³-hybridized carbons (Fsp3) is 0.450. The van der Waals surface area contributed by atoms with E-state index in [0.29, 0.717) is 17.8 Å². The minimum atomic E-state index is -0.390. The molecule has 1 saturated heterocycles. The zero-order valence-electron chi connectivity index (χ0n) is 16.3. The van der Waals surface area contributed by atoms with Crippen molar-refractivity contribution in [1.29, 1.82) is 0 Å². The highest BCUT2D eigenvalue weighted by Crippen LogP contribution is 2.31. The highest BCUT2D eigenvalue weighted by Gasteiger charge is 2.24. The number of nitrogens with zero attached hydrogens (tertiary/aromatic N) is 2. The number of hydrogen-bond donors (Lipinski definition) is 2. The summed E-state index contributed by atoms with van der Waals surface area (Å²) >= 11 is 1.66. The molecule has 2 heterocycles. The van der Waals surface area contributed by atoms with Gasteiger partial charge in [-0.15, -0.1) is 11.3 Å². The molecule has 8 heteroatoms. The number of piperidine rings is 1. The van der Waals surface area contributed by atoms with E-state index < -0.39 is 0 Å². The van der Waals surface area contributed by atoms with Crippen LogP contribution in [0, 0.1) is 10.1 Å². The molecule has 0 radical (unpaired) electrons. The number of anilines is 1. The lowest BCUT2D eigenvalue weighted by molar-refractivity contribution is -0.890. The van der Waals surface area contributed by atoms with Gasteiger partial charge >= 0.3 is 0 Å². The summed E-state index contributed by atoms with van der Waals surface area (Å²) in [6.07, 6.45) is 3.23. The minimum Gasteiger partial charge on any atom is -0.366 e. The molecule has 0 unspecified atom stereocenters. The summed E-state index contributed by atoms with van der Waals surface area (Å²) in [7, 11) is 4.10. The Kier molecular flexibility index (Phi) is 6.64. The van der Waals surface area contributed by atoms with E-state index in [1.165, 1.54) is 15.8 Å². The van der Waals surface area contributed by atoms with E-state index in [9.17, 15) is 14.9 Å². The Morgan fingerprint density at radius 2 is 2.04 bits per heavy atom. The average Bonchev–Trinajstić information content (AvgIpc) is 3.22. The molecule has 1 aromatic heterocycles. The monoisotopic (exact) mass is 403 g/mol. The first-order chi connectivity index (χ1) is 13.5. The standard InChI is InChI=1S/C20H26N4O3S/c1-22(2)18(19-7-6-12-28-19)14-21-20(25)15-8-9-16(17(13-15)24(26)27)23-10-4-3-5-11-23/h6-9,12-13,18H,3-5,10-11,14H2,1-2H3,(H,21,25)/p+1/t18-/m1/s1. The maximum absolute atomic E-state index is 12.7. The second-order valence-electron chi connectivity index (χ2n) is 7.36. The number of nitro benzene ring substituents is 1. The molecule has 2 N–H and O–H groups in total. The molecule has 1 aliphatic heterocycles. The third-order valence-corrected chi connectivity index (χ3v) is 6.17. The van der Waals surface area contributed by atoms with Crippen molar-refractivity contribution in [2.24, 2.45) is 0 Å². The van der Waals surface area contributed by atoms with Crippen molar-refractivity contribution >= 4 is 28.6 Å². The van der Waals surface area contributed by atoms with Crippen molar-refractivity contribution in [3.05, 3.63) is 56.3 Å². The van der Waals surface area contributed by atoms with Crippen molar-refractivity contribution in [3.63, 3.8) is 0 Å². The molecule has 7 nitrogen and oxygen atoms in total. The van der Waals surface area contributed by atoms with Gasteiger partial charge in [-0.2, -0.15) is 0 Å². The zero-order valence-corrected chi connectivity index (χ0v) is 17.1. The number of thiophene rings is 1. The Morgan fingerprint density at radius 1 is 1.29 bits per heavy atom. The lowest BCUT2D eigenvalue weighted by Gasteiger charge is -2.28. The van der Waals surface area contributed by atoms with Crippen LogP contribution in [0.4, 0.5) is 11.4 Å². The molecular formula is C20H27N4O3S+. The number of benzene rings is 1. The maximum Gasteiger partial charge on any atom is 0.293 e. The van der Waals surface area contributed by atoms with Crippen molar-refractivity contribution < 1.29 is 14.6 Å². The first-order valence-corrected chi connectivity index (χ1v) is 10.5. The van der Waals surface area contributed by atoms with Crippen LogP contribution in [0.1, 0.15) is 40.5 Å². The normalized spacial score (nSPS) is 15.5. The minimum absolute atomic E-state index is 0.00240. The lowest BCUT2D eigenvalue weighted by atomic mass is 10.1. The first kappa shape index (κ1) is 20.3. The summed E-state index contributed by atoms with van der Waals surface area (Å²) in [5.74, 6) is -0.281. The number of carbonyl (C=O) groups is 1. The molecule has 1 amide bonds. The SMILES string of the molecule is C[NH+](C)[C@H](CNC(=O)c1ccc(N2CCCCC2)c([N+](=O)[O-])c1)c1cccs1. The number of quaternary nitrogens is 1. The van der Waals surface area contributed by atoms with Crippen LogP contribution in [0.3, 0.4) is 0 Å². The Labute approximate surface area is 169 Å². The highest BCUT2D eigenvalue weighted by atomic mass is 32.1. The van der Waals surface area contributed by atoms with Crippen LogP contribution in [0.2, 0.25) is 0 Å². The molecule has 0 bridgehead atoms. The Hall–Kier alpha value is -2.45. The van der Waals surface area contributed by atoms with Crippen LogP contribution in [0.25, 0.3) is 0 Å². The smallest absolute Gasteiger partial charge is 0.293 e. The van der Waals surface area contributed by atoms with Gasteiger partial charge in [0.15, 0.2) is 0 Å². The van der Waals surface area contributed by atoms with E-state index in [0.717, 1.165) is 32.4 Å². The van der Waals surface area contributed by atoms with Crippen LogP contribution in [-0.2, 0) is 0 Å². The van der Waals surface area contributed by atoms with Crippen molar-refractivity contribution in [3.8, 4) is 0 Å². The number of likely N-dealkylation sites (N-methyl/N-ethyl adjacent to an activating group) is 1. The molecule has 150 valence electrons. The number of rotatable bonds is 7. The van der Waals surface area contributed by atoms with Gasteiger partial charge in [0, 0.05) is 24.7 Å². The van der Waals surface area contributed by atoms with Crippen LogP contribution in [0.5, 0.6) is 0 Å². The highest BCUT2D eigenvalue weighted by molar-refractivity contribution is 7.10. The molecule has 3 rings (SSSR count). The second-order valence-corrected chi connectivity index (χ2v) is 8.34. The molecule has 1 atom stereocenters. The average molecular weight is 404 g/mol. The summed E-state index contributed by atoms with van der Waals surface area (Å²) in [5, 5.41) is 16.6. The molecule has 1 aliphatic rings. The molecule has 1 aromatic carbocycles. The summed E-state index contributed by atoms with van der Waals surface area (Å²) in [4.78, 5) is 28.3. The third-order valence-electron chi connectivity index (χ3n) is 5.18. The van der Waals surface area contributed by atoms with Crippen LogP contribution < -0.4 is 15.1 Å². The van der Waals surface area contributed by atoms with Gasteiger partial charge in [0.1, 0.15) is 11.7 Å². The fourth-order valence-electron chi connectivity index (χ4n) is 3.59. The van der Waals surface area contributed by atoms with Crippen molar-refractivity contribution in [1.82, 2.24) is 5.32 Å². The van der Waals surface area contributed by atoms with Gasteiger partial charge in [-0.25, -0.2) is 0 Å². The second kappa shape index (κ2) is 9.16. The molecule has 1 fully saturated rings. The van der Waals surface area contributed by atoms with Crippen molar-refractivity contribution in [2.75, 3.05) is 38.6 Å². The fourth-order valence-corrected chi connectivity index (χ4v) is 4.54. The van der Waals surface area contributed by atoms with E-state index in [4.69, 9.17) is 0 Å². The van der Waals surface area contributed by atoms with Gasteiger partial charge in [0.25, 0.3) is 11.6 Å². The largest absolute Gasteiger partial charge is 0.366 e. The van der Waals surface area contributed by atoms with E-state index in [-0.39, 0.29) is 22.6 Å². The van der Waals surface area contributed by atoms with Gasteiger partial charge in [-0.1, -0.05) is 6.07 Å². The van der Waals surface area contributed by atoms with E-state index in [1.807, 2.05) is 16.3 Å². The quantitative estimate of drug-likeness (QED) is 0.549. The number of hydrogen-bond acceptors (Lipinski definition) is 5. The molecular weight excluding hydrogens is 376 g/mol. The topological polar surface area (TPSA) is 79.9 Å². The van der Waals surface area contributed by atoms with Gasteiger partial charge in [0.05, 0.1) is 30.4 Å². The summed E-state index contributed by atoms with van der Waals surface area (Å²) in [6.45, 7) is 2.12. The summed E-state index contributed by atoms with van der Waals surface area (Å²) in [5.41, 5.74) is 0.934. The number of amides is 1. The maximum atomic E-state index is 12.7. The molecule has 0 spiro atoms. The molecule has 0 saturated carbocycles. The number of nitro groups is 1. The summed E-state index contributed by atoms with van der Waals surface area (Å²) < 4.78 is 0. The molecule has 2 aromatic rings. The van der Waals surface area contributed by atoms with Crippen LogP contribution >= 0.6 is 11.3 Å². The Bertz CT molecular complexity index is 817. The lowest BCUT2D eigenvalue weighted by Crippen LogP contribution is -3.06. The van der Waals surface area contributed by atoms with Gasteiger partial charge < -0.3 is 15.1 Å². The predicted octanol–water partition coefficient (Wildman–Crippen LogP) is 2.26. The van der Waals surface area contributed by atoms with Crippen LogP contribution in [-0.4, -0.2) is 44.6 Å². The molecule has 28 heavy (non-hydrogen) atoms. The summed E-state index contributed by atoms with van der Waals surface area (Å²) in [6, 6.07) is 9.02. The van der Waals surface area contributed by atoms with Gasteiger partial charge in [-0.05, 0) is 42.8 Å². The van der Waals surface area contributed by atoms with Crippen LogP contribution in [0.15, 0.2) is 35.7 Å².